The largest absolute Gasteiger partial charge is 0.496 e. The third-order valence-corrected chi connectivity index (χ3v) is 3.28. The molecule has 1 N–H and O–H groups in total. The van der Waals surface area contributed by atoms with E-state index in [9.17, 15) is 0 Å². The first-order chi connectivity index (χ1) is 8.67. The Morgan fingerprint density at radius 2 is 2.11 bits per heavy atom. The van der Waals surface area contributed by atoms with E-state index in [0.29, 0.717) is 5.92 Å². The summed E-state index contributed by atoms with van der Waals surface area (Å²) in [6.07, 6.45) is 1.00. The molecule has 18 heavy (non-hydrogen) atoms. The van der Waals surface area contributed by atoms with Crippen molar-refractivity contribution in [1.82, 2.24) is 5.32 Å². The molecule has 4 heteroatoms. The minimum atomic E-state index is 0.560. The van der Waals surface area contributed by atoms with E-state index in [4.69, 9.17) is 9.47 Å². The maximum atomic E-state index is 5.38. The Kier molecular flexibility index (Phi) is 7.32. The predicted octanol–water partition coefficient (Wildman–Crippen LogP) is 2.87. The van der Waals surface area contributed by atoms with Gasteiger partial charge in [-0.15, -0.1) is 0 Å². The summed E-state index contributed by atoms with van der Waals surface area (Å²) >= 11 is 3.50. The van der Waals surface area contributed by atoms with E-state index in [1.807, 2.05) is 12.1 Å². The molecule has 102 valence electrons. The van der Waals surface area contributed by atoms with Gasteiger partial charge in [-0.25, -0.2) is 0 Å². The molecule has 0 aromatic heterocycles. The number of hydrogen-bond acceptors (Lipinski definition) is 3. The van der Waals surface area contributed by atoms with Crippen molar-refractivity contribution in [2.45, 2.75) is 13.3 Å². The molecule has 0 aliphatic heterocycles. The van der Waals surface area contributed by atoms with Gasteiger partial charge in [0.1, 0.15) is 5.75 Å². The van der Waals surface area contributed by atoms with E-state index in [2.05, 4.69) is 34.2 Å². The fraction of sp³-hybridized carbons (Fsp3) is 0.571. The molecule has 0 heterocycles. The molecule has 0 bridgehead atoms. The lowest BCUT2D eigenvalue weighted by molar-refractivity contribution is 0.198. The Morgan fingerprint density at radius 1 is 1.33 bits per heavy atom. The molecule has 0 saturated carbocycles. The van der Waals surface area contributed by atoms with Gasteiger partial charge in [0.05, 0.1) is 13.7 Å². The lowest BCUT2D eigenvalue weighted by atomic mass is 10.0. The SMILES string of the molecule is COCCNCC(C)Cc1cc(Br)ccc1OC. The molecular weight excluding hydrogens is 294 g/mol. The van der Waals surface area contributed by atoms with E-state index in [1.54, 1.807) is 14.2 Å². The zero-order valence-corrected chi connectivity index (χ0v) is 12.9. The first kappa shape index (κ1) is 15.5. The highest BCUT2D eigenvalue weighted by Gasteiger charge is 2.08. The highest BCUT2D eigenvalue weighted by atomic mass is 79.9. The Hall–Kier alpha value is -0.580. The molecule has 1 aromatic carbocycles. The average Bonchev–Trinajstić information content (AvgIpc) is 2.35. The van der Waals surface area contributed by atoms with Crippen LogP contribution in [0.3, 0.4) is 0 Å². The van der Waals surface area contributed by atoms with Gasteiger partial charge in [0.25, 0.3) is 0 Å². The van der Waals surface area contributed by atoms with Gasteiger partial charge in [-0.1, -0.05) is 22.9 Å². The summed E-state index contributed by atoms with van der Waals surface area (Å²) in [5.74, 6) is 1.52. The average molecular weight is 316 g/mol. The monoisotopic (exact) mass is 315 g/mol. The Labute approximate surface area is 118 Å². The lowest BCUT2D eigenvalue weighted by Gasteiger charge is -2.15. The van der Waals surface area contributed by atoms with Gasteiger partial charge in [-0.2, -0.15) is 0 Å². The summed E-state index contributed by atoms with van der Waals surface area (Å²) < 4.78 is 11.5. The number of nitrogens with one attached hydrogen (secondary N) is 1. The molecule has 1 atom stereocenters. The Balaban J connectivity index is 2.47. The smallest absolute Gasteiger partial charge is 0.122 e. The topological polar surface area (TPSA) is 30.5 Å². The number of ether oxygens (including phenoxy) is 2. The van der Waals surface area contributed by atoms with Crippen LogP contribution in [0.1, 0.15) is 12.5 Å². The van der Waals surface area contributed by atoms with E-state index in [1.165, 1.54) is 5.56 Å². The van der Waals surface area contributed by atoms with Gasteiger partial charge in [-0.3, -0.25) is 0 Å². The Bertz CT molecular complexity index is 358. The first-order valence-corrected chi connectivity index (χ1v) is 6.98. The predicted molar refractivity (Wildman–Crippen MR) is 78.3 cm³/mol. The van der Waals surface area contributed by atoms with Crippen molar-refractivity contribution in [1.29, 1.82) is 0 Å². The molecule has 0 saturated heterocycles. The van der Waals surface area contributed by atoms with Crippen LogP contribution in [0, 0.1) is 5.92 Å². The van der Waals surface area contributed by atoms with Gasteiger partial charge < -0.3 is 14.8 Å². The van der Waals surface area contributed by atoms with Crippen molar-refractivity contribution in [3.05, 3.63) is 28.2 Å². The van der Waals surface area contributed by atoms with E-state index < -0.39 is 0 Å². The highest BCUT2D eigenvalue weighted by molar-refractivity contribution is 9.10. The summed E-state index contributed by atoms with van der Waals surface area (Å²) in [6.45, 7) is 4.88. The second-order valence-electron chi connectivity index (χ2n) is 4.46. The third kappa shape index (κ3) is 5.38. The van der Waals surface area contributed by atoms with Crippen LogP contribution in [0.5, 0.6) is 5.75 Å². The third-order valence-electron chi connectivity index (χ3n) is 2.79. The number of hydrogen-bond donors (Lipinski definition) is 1. The first-order valence-electron chi connectivity index (χ1n) is 6.19. The second-order valence-corrected chi connectivity index (χ2v) is 5.38. The molecule has 0 aliphatic carbocycles. The lowest BCUT2D eigenvalue weighted by Crippen LogP contribution is -2.25. The quantitative estimate of drug-likeness (QED) is 0.748. The number of halogens is 1. The highest BCUT2D eigenvalue weighted by Crippen LogP contribution is 2.25. The maximum absolute atomic E-state index is 5.38. The van der Waals surface area contributed by atoms with Crippen LogP contribution >= 0.6 is 15.9 Å². The molecule has 0 spiro atoms. The minimum Gasteiger partial charge on any atom is -0.496 e. The number of methoxy groups -OCH3 is 2. The second kappa shape index (κ2) is 8.51. The van der Waals surface area contributed by atoms with Crippen LogP contribution in [0.15, 0.2) is 22.7 Å². The molecular formula is C14H22BrNO2. The molecule has 3 nitrogen and oxygen atoms in total. The zero-order valence-electron chi connectivity index (χ0n) is 11.3. The van der Waals surface area contributed by atoms with Gasteiger partial charge in [0.15, 0.2) is 0 Å². The van der Waals surface area contributed by atoms with Crippen LogP contribution in [0.4, 0.5) is 0 Å². The van der Waals surface area contributed by atoms with E-state index in [0.717, 1.165) is 36.3 Å². The summed E-state index contributed by atoms with van der Waals surface area (Å²) in [6, 6.07) is 6.14. The molecule has 0 amide bonds. The van der Waals surface area contributed by atoms with Crippen molar-refractivity contribution in [2.75, 3.05) is 33.9 Å². The minimum absolute atomic E-state index is 0.560. The summed E-state index contributed by atoms with van der Waals surface area (Å²) in [5.41, 5.74) is 1.24. The molecule has 1 rings (SSSR count). The summed E-state index contributed by atoms with van der Waals surface area (Å²) in [5, 5.41) is 3.38. The van der Waals surface area contributed by atoms with Crippen molar-refractivity contribution in [3.8, 4) is 5.75 Å². The van der Waals surface area contributed by atoms with Crippen molar-refractivity contribution >= 4 is 15.9 Å². The van der Waals surface area contributed by atoms with Crippen LogP contribution in [0.25, 0.3) is 0 Å². The number of benzene rings is 1. The summed E-state index contributed by atoms with van der Waals surface area (Å²) in [4.78, 5) is 0. The van der Waals surface area contributed by atoms with Crippen LogP contribution in [-0.2, 0) is 11.2 Å². The molecule has 0 fully saturated rings. The standard InChI is InChI=1S/C14H22BrNO2/c1-11(10-16-6-7-17-2)8-12-9-13(15)4-5-14(12)18-3/h4-5,9,11,16H,6-8,10H2,1-3H3. The molecule has 0 aliphatic rings. The van der Waals surface area contributed by atoms with Gasteiger partial charge in [-0.05, 0) is 42.6 Å². The van der Waals surface area contributed by atoms with Crippen LogP contribution in [-0.4, -0.2) is 33.9 Å². The van der Waals surface area contributed by atoms with Crippen molar-refractivity contribution in [3.63, 3.8) is 0 Å². The maximum Gasteiger partial charge on any atom is 0.122 e. The fourth-order valence-electron chi connectivity index (χ4n) is 1.88. The van der Waals surface area contributed by atoms with Crippen LogP contribution in [0.2, 0.25) is 0 Å². The van der Waals surface area contributed by atoms with Gasteiger partial charge in [0.2, 0.25) is 0 Å². The van der Waals surface area contributed by atoms with Crippen molar-refractivity contribution in [2.24, 2.45) is 5.92 Å². The molecule has 1 aromatic rings. The Morgan fingerprint density at radius 3 is 2.78 bits per heavy atom. The van der Waals surface area contributed by atoms with E-state index in [-0.39, 0.29) is 0 Å². The molecule has 1 unspecified atom stereocenters. The van der Waals surface area contributed by atoms with E-state index >= 15 is 0 Å². The zero-order chi connectivity index (χ0) is 13.4. The normalized spacial score (nSPS) is 12.4. The number of rotatable bonds is 8. The van der Waals surface area contributed by atoms with Gasteiger partial charge >= 0.3 is 0 Å². The molecule has 0 radical (unpaired) electrons. The van der Waals surface area contributed by atoms with Crippen molar-refractivity contribution < 1.29 is 9.47 Å². The summed E-state index contributed by atoms with van der Waals surface area (Å²) in [7, 11) is 3.44. The van der Waals surface area contributed by atoms with Crippen LogP contribution < -0.4 is 10.1 Å². The van der Waals surface area contributed by atoms with Gasteiger partial charge in [0, 0.05) is 18.1 Å². The fourth-order valence-corrected chi connectivity index (χ4v) is 2.29.